The molecule has 0 saturated heterocycles. The van der Waals surface area contributed by atoms with Crippen LogP contribution in [0.1, 0.15) is 13.8 Å². The first kappa shape index (κ1) is 27.3. The molecule has 0 aliphatic rings. The summed E-state index contributed by atoms with van der Waals surface area (Å²) in [5.74, 6) is 1.12. The van der Waals surface area contributed by atoms with Crippen molar-refractivity contribution in [3.63, 3.8) is 0 Å². The van der Waals surface area contributed by atoms with E-state index in [0.717, 1.165) is 37.1 Å². The van der Waals surface area contributed by atoms with Crippen molar-refractivity contribution < 1.29 is 4.79 Å². The highest BCUT2D eigenvalue weighted by Gasteiger charge is 2.14. The zero-order chi connectivity index (χ0) is 28.2. The molecular weight excluding hydrogens is 638 g/mol. The number of nitrogens with one attached hydrogen (secondary N) is 2. The number of urea groups is 1. The molecule has 2 aromatic carbocycles. The number of nitrogen functional groups attached to an aromatic ring is 1. The second kappa shape index (κ2) is 11.8. The molecule has 0 radical (unpaired) electrons. The molecule has 6 aromatic rings. The normalized spacial score (nSPS) is 10.9. The highest BCUT2D eigenvalue weighted by Crippen LogP contribution is 2.26. The van der Waals surface area contributed by atoms with Gasteiger partial charge in [0.15, 0.2) is 11.3 Å². The molecule has 4 N–H and O–H groups in total. The maximum Gasteiger partial charge on any atom is 0.320 e. The summed E-state index contributed by atoms with van der Waals surface area (Å²) in [6.45, 7) is 3.81. The zero-order valence-electron chi connectivity index (χ0n) is 21.6. The van der Waals surface area contributed by atoms with E-state index in [2.05, 4.69) is 62.7 Å². The van der Waals surface area contributed by atoms with Gasteiger partial charge in [-0.15, -0.1) is 0 Å². The molecule has 0 spiro atoms. The molecule has 40 heavy (non-hydrogen) atoms. The van der Waals surface area contributed by atoms with Gasteiger partial charge in [0, 0.05) is 29.3 Å². The van der Waals surface area contributed by atoms with Gasteiger partial charge in [0.1, 0.15) is 11.6 Å². The van der Waals surface area contributed by atoms with E-state index in [1.165, 1.54) is 0 Å². The predicted octanol–water partition coefficient (Wildman–Crippen LogP) is 6.43. The van der Waals surface area contributed by atoms with E-state index in [1.54, 1.807) is 21.4 Å². The molecule has 0 aliphatic carbocycles. The van der Waals surface area contributed by atoms with Crippen LogP contribution in [-0.2, 0) is 0 Å². The van der Waals surface area contributed by atoms with E-state index < -0.39 is 0 Å². The molecule has 0 bridgehead atoms. The zero-order valence-corrected chi connectivity index (χ0v) is 24.8. The molecule has 4 aromatic heterocycles. The number of hydrogen-bond acceptors (Lipinski definition) is 6. The van der Waals surface area contributed by atoms with Crippen molar-refractivity contribution in [3.05, 3.63) is 94.1 Å². The van der Waals surface area contributed by atoms with Gasteiger partial charge in [-0.3, -0.25) is 5.32 Å². The number of nitrogens with two attached hydrogens (primary N) is 1. The lowest BCUT2D eigenvalue weighted by Gasteiger charge is -2.12. The minimum Gasteiger partial charge on any atom is -0.384 e. The summed E-state index contributed by atoms with van der Waals surface area (Å²) < 4.78 is 4.80. The minimum atomic E-state index is -0.280. The molecule has 2 amide bonds. The molecule has 0 aliphatic heterocycles. The van der Waals surface area contributed by atoms with Gasteiger partial charge in [-0.2, -0.15) is 19.2 Å². The van der Waals surface area contributed by atoms with E-state index in [-0.39, 0.29) is 12.1 Å². The number of hydrogen-bond donors (Lipinski definition) is 3. The summed E-state index contributed by atoms with van der Waals surface area (Å²) in [6, 6.07) is 23.1. The number of anilines is 2. The van der Waals surface area contributed by atoms with Crippen molar-refractivity contribution in [1.29, 1.82) is 0 Å². The van der Waals surface area contributed by atoms with Crippen molar-refractivity contribution >= 4 is 60.8 Å². The first-order chi connectivity index (χ1) is 19.3. The van der Waals surface area contributed by atoms with E-state index in [9.17, 15) is 4.79 Å². The van der Waals surface area contributed by atoms with Crippen molar-refractivity contribution in [1.82, 2.24) is 34.5 Å². The number of carbonyl (C=O) groups excluding carboxylic acids is 1. The summed E-state index contributed by atoms with van der Waals surface area (Å²) in [4.78, 5) is 21.2. The van der Waals surface area contributed by atoms with Crippen molar-refractivity contribution in [2.24, 2.45) is 0 Å². The van der Waals surface area contributed by atoms with Crippen LogP contribution in [0.25, 0.3) is 33.8 Å². The van der Waals surface area contributed by atoms with Gasteiger partial charge in [0.05, 0.1) is 32.7 Å². The number of halogens is 2. The quantitative estimate of drug-likeness (QED) is 0.200. The van der Waals surface area contributed by atoms with Crippen LogP contribution in [0.2, 0.25) is 0 Å². The Bertz CT molecular complexity index is 1780. The third-order valence-electron chi connectivity index (χ3n) is 5.69. The fraction of sp³-hybridized carbons (Fsp3) is 0.107. The van der Waals surface area contributed by atoms with E-state index in [1.807, 2.05) is 86.6 Å². The van der Waals surface area contributed by atoms with Crippen molar-refractivity contribution in [2.75, 3.05) is 11.1 Å². The third kappa shape index (κ3) is 5.97. The second-order valence-corrected chi connectivity index (χ2v) is 10.7. The van der Waals surface area contributed by atoms with Crippen LogP contribution in [0, 0.1) is 0 Å². The summed E-state index contributed by atoms with van der Waals surface area (Å²) in [6.07, 6.45) is 3.34. The molecular formula is C28H25Br2N9O. The number of fused-ring (bicyclic) bond motifs is 2. The fourth-order valence-corrected chi connectivity index (χ4v) is 4.61. The van der Waals surface area contributed by atoms with Crippen LogP contribution in [0.5, 0.6) is 0 Å². The molecule has 12 heteroatoms. The Balaban J connectivity index is 0.000000168. The minimum absolute atomic E-state index is 0.0466. The summed E-state index contributed by atoms with van der Waals surface area (Å²) in [5.41, 5.74) is 10.9. The largest absolute Gasteiger partial charge is 0.384 e. The third-order valence-corrected chi connectivity index (χ3v) is 6.80. The molecule has 0 fully saturated rings. The van der Waals surface area contributed by atoms with Crippen molar-refractivity contribution in [2.45, 2.75) is 19.9 Å². The number of aromatic nitrogens is 6. The Morgan fingerprint density at radius 1 is 0.800 bits per heavy atom. The van der Waals surface area contributed by atoms with E-state index in [4.69, 9.17) is 5.73 Å². The molecule has 0 unspecified atom stereocenters. The Morgan fingerprint density at radius 2 is 1.30 bits per heavy atom. The average molecular weight is 663 g/mol. The lowest BCUT2D eigenvalue weighted by atomic mass is 10.1. The van der Waals surface area contributed by atoms with Crippen LogP contribution in [0.3, 0.4) is 0 Å². The van der Waals surface area contributed by atoms with Gasteiger partial charge in [-0.05, 0) is 45.7 Å². The number of carbonyl (C=O) groups is 1. The van der Waals surface area contributed by atoms with Gasteiger partial charge in [-0.25, -0.2) is 14.8 Å². The fourth-order valence-electron chi connectivity index (χ4n) is 3.91. The van der Waals surface area contributed by atoms with Gasteiger partial charge in [0.25, 0.3) is 0 Å². The number of benzene rings is 2. The first-order valence-corrected chi connectivity index (χ1v) is 13.9. The monoisotopic (exact) mass is 661 g/mol. The molecule has 6 rings (SSSR count). The highest BCUT2D eigenvalue weighted by molar-refractivity contribution is 9.11. The molecule has 0 atom stereocenters. The number of rotatable bonds is 4. The van der Waals surface area contributed by atoms with Crippen LogP contribution in [-0.4, -0.2) is 41.3 Å². The molecule has 10 nitrogen and oxygen atoms in total. The Morgan fingerprint density at radius 3 is 1.85 bits per heavy atom. The van der Waals surface area contributed by atoms with Crippen LogP contribution in [0.4, 0.5) is 16.4 Å². The molecule has 0 saturated carbocycles. The Labute approximate surface area is 246 Å². The Kier molecular flexibility index (Phi) is 8.08. The van der Waals surface area contributed by atoms with Gasteiger partial charge < -0.3 is 11.1 Å². The predicted molar refractivity (Wildman–Crippen MR) is 164 cm³/mol. The number of nitrogens with zero attached hydrogens (tertiary/aromatic N) is 6. The molecule has 4 heterocycles. The van der Waals surface area contributed by atoms with Gasteiger partial charge in [0.2, 0.25) is 0 Å². The average Bonchev–Trinajstić information content (AvgIpc) is 3.52. The highest BCUT2D eigenvalue weighted by atomic mass is 79.9. The van der Waals surface area contributed by atoms with E-state index in [0.29, 0.717) is 17.3 Å². The lowest BCUT2D eigenvalue weighted by Crippen LogP contribution is -2.34. The maximum absolute atomic E-state index is 12.0. The SMILES string of the molecule is CC(C)NC(=O)Nc1cc(-c2ccccc2)nc2c(Br)cnn12.Nc1cc(-c2ccccc2)nc2c(Br)cnn12. The topological polar surface area (TPSA) is 128 Å². The standard InChI is InChI=1S/C16H16BrN5O.C12H9BrN4/c1-10(2)19-16(23)21-14-8-13(11-6-4-3-5-7-11)20-15-12(17)9-18-22(14)15;13-9-7-15-17-11(14)6-10(16-12(9)17)8-4-2-1-3-5-8/h3-10H,1-2H3,(H2,19,21,23);1-7H,14H2. The maximum atomic E-state index is 12.0. The summed E-state index contributed by atoms with van der Waals surface area (Å²) in [5, 5.41) is 14.0. The van der Waals surface area contributed by atoms with Gasteiger partial charge >= 0.3 is 6.03 Å². The summed E-state index contributed by atoms with van der Waals surface area (Å²) in [7, 11) is 0. The Hall–Kier alpha value is -4.29. The van der Waals surface area contributed by atoms with Crippen LogP contribution < -0.4 is 16.4 Å². The lowest BCUT2D eigenvalue weighted by molar-refractivity contribution is 0.250. The number of amides is 2. The van der Waals surface area contributed by atoms with Crippen LogP contribution >= 0.6 is 31.9 Å². The first-order valence-electron chi connectivity index (χ1n) is 12.3. The molecule has 202 valence electrons. The van der Waals surface area contributed by atoms with Gasteiger partial charge in [-0.1, -0.05) is 60.7 Å². The second-order valence-electron chi connectivity index (χ2n) is 9.03. The smallest absolute Gasteiger partial charge is 0.320 e. The van der Waals surface area contributed by atoms with E-state index >= 15 is 0 Å². The summed E-state index contributed by atoms with van der Waals surface area (Å²) >= 11 is 6.85. The van der Waals surface area contributed by atoms with Crippen molar-refractivity contribution in [3.8, 4) is 22.5 Å². The van der Waals surface area contributed by atoms with Crippen LogP contribution in [0.15, 0.2) is 94.1 Å².